The molecule has 1 aliphatic heterocycles. The third kappa shape index (κ3) is 3.12. The van der Waals surface area contributed by atoms with Crippen LogP contribution < -0.4 is 9.47 Å². The summed E-state index contributed by atoms with van der Waals surface area (Å²) in [4.78, 5) is 0. The molecule has 4 heteroatoms. The van der Waals surface area contributed by atoms with Gasteiger partial charge < -0.3 is 18.9 Å². The zero-order chi connectivity index (χ0) is 11.2. The molecule has 1 heterocycles. The van der Waals surface area contributed by atoms with Gasteiger partial charge in [0, 0.05) is 13.0 Å². The van der Waals surface area contributed by atoms with Gasteiger partial charge in [0.15, 0.2) is 6.79 Å². The molecule has 0 unspecified atom stereocenters. The van der Waals surface area contributed by atoms with Crippen molar-refractivity contribution in [2.45, 2.75) is 0 Å². The van der Waals surface area contributed by atoms with E-state index in [9.17, 15) is 0 Å². The number of methoxy groups -OCH3 is 1. The fourth-order valence-corrected chi connectivity index (χ4v) is 1.35. The van der Waals surface area contributed by atoms with Crippen molar-refractivity contribution in [1.82, 2.24) is 0 Å². The monoisotopic (exact) mass is 224 g/mol. The van der Waals surface area contributed by atoms with Crippen LogP contribution in [0.15, 0.2) is 24.3 Å². The molecule has 0 saturated carbocycles. The van der Waals surface area contributed by atoms with Gasteiger partial charge in [-0.05, 0) is 24.3 Å². The van der Waals surface area contributed by atoms with Crippen LogP contribution in [0.1, 0.15) is 0 Å². The van der Waals surface area contributed by atoms with Crippen molar-refractivity contribution in [2.24, 2.45) is 5.92 Å². The molecule has 0 bridgehead atoms. The Bertz CT molecular complexity index is 305. The Morgan fingerprint density at radius 2 is 1.75 bits per heavy atom. The minimum absolute atomic E-state index is 0.264. The third-order valence-corrected chi connectivity index (χ3v) is 2.36. The van der Waals surface area contributed by atoms with Crippen molar-refractivity contribution in [1.29, 1.82) is 0 Å². The Hall–Kier alpha value is -1.26. The van der Waals surface area contributed by atoms with Crippen LogP contribution in [0, 0.1) is 5.92 Å². The number of ether oxygens (including phenoxy) is 4. The molecular weight excluding hydrogens is 208 g/mol. The van der Waals surface area contributed by atoms with Crippen LogP contribution in [0.5, 0.6) is 11.5 Å². The largest absolute Gasteiger partial charge is 0.493 e. The van der Waals surface area contributed by atoms with Crippen molar-refractivity contribution < 1.29 is 18.9 Å². The van der Waals surface area contributed by atoms with Crippen LogP contribution in [0.4, 0.5) is 0 Å². The van der Waals surface area contributed by atoms with Gasteiger partial charge in [0.2, 0.25) is 0 Å². The average molecular weight is 224 g/mol. The van der Waals surface area contributed by atoms with Crippen LogP contribution in [0.2, 0.25) is 0 Å². The Balaban J connectivity index is 1.76. The molecule has 0 amide bonds. The number of hydrogen-bond acceptors (Lipinski definition) is 4. The highest BCUT2D eigenvalue weighted by atomic mass is 16.7. The molecule has 4 nitrogen and oxygen atoms in total. The molecular formula is C12H16O4. The minimum Gasteiger partial charge on any atom is -0.493 e. The van der Waals surface area contributed by atoms with Gasteiger partial charge in [0.25, 0.3) is 0 Å². The van der Waals surface area contributed by atoms with Crippen molar-refractivity contribution in [2.75, 3.05) is 33.7 Å². The summed E-state index contributed by atoms with van der Waals surface area (Å²) < 4.78 is 20.8. The van der Waals surface area contributed by atoms with E-state index in [0.717, 1.165) is 31.3 Å². The summed E-state index contributed by atoms with van der Waals surface area (Å²) in [5.74, 6) is 2.18. The van der Waals surface area contributed by atoms with E-state index in [1.807, 2.05) is 24.3 Å². The highest BCUT2D eigenvalue weighted by molar-refractivity contribution is 5.31. The van der Waals surface area contributed by atoms with Crippen molar-refractivity contribution in [3.05, 3.63) is 24.3 Å². The first kappa shape index (κ1) is 11.2. The maximum Gasteiger partial charge on any atom is 0.188 e. The molecule has 1 saturated heterocycles. The van der Waals surface area contributed by atoms with Crippen LogP contribution in [0.3, 0.4) is 0 Å². The molecule has 0 radical (unpaired) electrons. The van der Waals surface area contributed by atoms with Gasteiger partial charge >= 0.3 is 0 Å². The van der Waals surface area contributed by atoms with Crippen molar-refractivity contribution in [3.63, 3.8) is 0 Å². The zero-order valence-corrected chi connectivity index (χ0v) is 9.35. The highest BCUT2D eigenvalue weighted by Crippen LogP contribution is 2.19. The van der Waals surface area contributed by atoms with Gasteiger partial charge in [-0.15, -0.1) is 0 Å². The maximum absolute atomic E-state index is 5.60. The van der Waals surface area contributed by atoms with E-state index in [4.69, 9.17) is 18.9 Å². The van der Waals surface area contributed by atoms with Gasteiger partial charge in [-0.1, -0.05) is 0 Å². The second-order valence-corrected chi connectivity index (χ2v) is 3.74. The summed E-state index contributed by atoms with van der Waals surface area (Å²) in [7, 11) is 1.60. The SMILES string of the molecule is COCOc1ccc(OCC2COC2)cc1. The van der Waals surface area contributed by atoms with E-state index in [1.54, 1.807) is 7.11 Å². The van der Waals surface area contributed by atoms with Gasteiger partial charge in [0.1, 0.15) is 11.5 Å². The molecule has 1 aromatic rings. The lowest BCUT2D eigenvalue weighted by Crippen LogP contribution is -2.32. The number of benzene rings is 1. The van der Waals surface area contributed by atoms with E-state index >= 15 is 0 Å². The lowest BCUT2D eigenvalue weighted by molar-refractivity contribution is -0.0508. The van der Waals surface area contributed by atoms with E-state index in [0.29, 0.717) is 5.92 Å². The summed E-state index contributed by atoms with van der Waals surface area (Å²) in [6.45, 7) is 2.61. The minimum atomic E-state index is 0.264. The third-order valence-electron chi connectivity index (χ3n) is 2.36. The fraction of sp³-hybridized carbons (Fsp3) is 0.500. The predicted molar refractivity (Wildman–Crippen MR) is 58.8 cm³/mol. The Labute approximate surface area is 95.1 Å². The molecule has 0 N–H and O–H groups in total. The number of rotatable bonds is 6. The predicted octanol–water partition coefficient (Wildman–Crippen LogP) is 1.69. The molecule has 0 aliphatic carbocycles. The molecule has 0 spiro atoms. The standard InChI is InChI=1S/C12H16O4/c1-13-9-16-12-4-2-11(3-5-12)15-8-10-6-14-7-10/h2-5,10H,6-9H2,1H3. The second-order valence-electron chi connectivity index (χ2n) is 3.74. The Morgan fingerprint density at radius 3 is 2.25 bits per heavy atom. The molecule has 88 valence electrons. The second kappa shape index (κ2) is 5.72. The molecule has 1 aliphatic rings. The van der Waals surface area contributed by atoms with Crippen LogP contribution >= 0.6 is 0 Å². The smallest absolute Gasteiger partial charge is 0.188 e. The molecule has 0 atom stereocenters. The molecule has 16 heavy (non-hydrogen) atoms. The van der Waals surface area contributed by atoms with E-state index in [-0.39, 0.29) is 6.79 Å². The molecule has 1 fully saturated rings. The van der Waals surface area contributed by atoms with Crippen molar-refractivity contribution >= 4 is 0 Å². The Kier molecular flexibility index (Phi) is 4.02. The summed E-state index contributed by atoms with van der Waals surface area (Å²) >= 11 is 0. The highest BCUT2D eigenvalue weighted by Gasteiger charge is 2.18. The van der Waals surface area contributed by atoms with Gasteiger partial charge in [-0.2, -0.15) is 0 Å². The van der Waals surface area contributed by atoms with E-state index in [2.05, 4.69) is 0 Å². The first-order valence-corrected chi connectivity index (χ1v) is 5.31. The molecule has 2 rings (SSSR count). The first-order chi connectivity index (χ1) is 7.88. The maximum atomic E-state index is 5.60. The Morgan fingerprint density at radius 1 is 1.12 bits per heavy atom. The lowest BCUT2D eigenvalue weighted by atomic mass is 10.1. The van der Waals surface area contributed by atoms with Gasteiger partial charge in [0.05, 0.1) is 19.8 Å². The lowest BCUT2D eigenvalue weighted by Gasteiger charge is -2.25. The summed E-state index contributed by atoms with van der Waals surface area (Å²) in [5, 5.41) is 0. The summed E-state index contributed by atoms with van der Waals surface area (Å²) in [6.07, 6.45) is 0. The van der Waals surface area contributed by atoms with Crippen LogP contribution in [-0.2, 0) is 9.47 Å². The van der Waals surface area contributed by atoms with Crippen LogP contribution in [0.25, 0.3) is 0 Å². The normalized spacial score (nSPS) is 15.6. The average Bonchev–Trinajstić information content (AvgIpc) is 2.26. The van der Waals surface area contributed by atoms with Crippen LogP contribution in [-0.4, -0.2) is 33.7 Å². The van der Waals surface area contributed by atoms with E-state index < -0.39 is 0 Å². The quantitative estimate of drug-likeness (QED) is 0.689. The van der Waals surface area contributed by atoms with Gasteiger partial charge in [-0.25, -0.2) is 0 Å². The molecule has 1 aromatic carbocycles. The van der Waals surface area contributed by atoms with Gasteiger partial charge in [-0.3, -0.25) is 0 Å². The zero-order valence-electron chi connectivity index (χ0n) is 9.35. The number of hydrogen-bond donors (Lipinski definition) is 0. The summed E-state index contributed by atoms with van der Waals surface area (Å²) in [5.41, 5.74) is 0. The summed E-state index contributed by atoms with van der Waals surface area (Å²) in [6, 6.07) is 7.52. The molecule has 0 aromatic heterocycles. The topological polar surface area (TPSA) is 36.9 Å². The van der Waals surface area contributed by atoms with Crippen molar-refractivity contribution in [3.8, 4) is 11.5 Å². The fourth-order valence-electron chi connectivity index (χ4n) is 1.35. The van der Waals surface area contributed by atoms with E-state index in [1.165, 1.54) is 0 Å². The first-order valence-electron chi connectivity index (χ1n) is 5.31.